The minimum absolute atomic E-state index is 0.0975. The number of hydrogen-bond donors (Lipinski definition) is 3. The molecule has 162 valence electrons. The van der Waals surface area contributed by atoms with Gasteiger partial charge < -0.3 is 20.6 Å². The maximum Gasteiger partial charge on any atom is 0.151 e. The number of hydrogen-bond acceptors (Lipinski definition) is 8. The molecule has 1 fully saturated rings. The van der Waals surface area contributed by atoms with Crippen molar-refractivity contribution in [1.82, 2.24) is 25.5 Å². The van der Waals surface area contributed by atoms with Crippen LogP contribution in [0.15, 0.2) is 42.7 Å². The van der Waals surface area contributed by atoms with E-state index in [1.165, 1.54) is 6.33 Å². The standard InChI is InChI=1S/C23H29N7O/c1-23(2,3)27-16-9-10-30(13-16)22-8-7-18(28-29-22)17-6-5-15(11-20(17)31)19-12-21(24-4)26-14-25-19/h5-8,11-12,14,16,27,31H,9-10,13H2,1-4H3,(H,24,25,26)/t16-/m1/s1. The number of anilines is 2. The van der Waals surface area contributed by atoms with Gasteiger partial charge >= 0.3 is 0 Å². The molecule has 8 nitrogen and oxygen atoms in total. The molecule has 0 saturated carbocycles. The first-order valence-corrected chi connectivity index (χ1v) is 10.5. The average Bonchev–Trinajstić information content (AvgIpc) is 3.20. The Hall–Kier alpha value is -3.26. The van der Waals surface area contributed by atoms with E-state index in [0.717, 1.165) is 42.4 Å². The van der Waals surface area contributed by atoms with Gasteiger partial charge in [-0.3, -0.25) is 0 Å². The Morgan fingerprint density at radius 1 is 1.03 bits per heavy atom. The summed E-state index contributed by atoms with van der Waals surface area (Å²) < 4.78 is 0. The van der Waals surface area contributed by atoms with Crippen molar-refractivity contribution >= 4 is 11.6 Å². The summed E-state index contributed by atoms with van der Waals surface area (Å²) in [4.78, 5) is 10.7. The summed E-state index contributed by atoms with van der Waals surface area (Å²) in [6.07, 6.45) is 2.58. The number of benzene rings is 1. The van der Waals surface area contributed by atoms with E-state index in [1.54, 1.807) is 13.1 Å². The first-order valence-electron chi connectivity index (χ1n) is 10.5. The fourth-order valence-corrected chi connectivity index (χ4v) is 3.90. The molecule has 1 atom stereocenters. The van der Waals surface area contributed by atoms with Crippen LogP contribution >= 0.6 is 0 Å². The third kappa shape index (κ3) is 4.91. The first kappa shape index (κ1) is 21.0. The number of nitrogens with one attached hydrogen (secondary N) is 2. The van der Waals surface area contributed by atoms with Crippen molar-refractivity contribution in [3.05, 3.63) is 42.7 Å². The van der Waals surface area contributed by atoms with Crippen molar-refractivity contribution < 1.29 is 5.11 Å². The van der Waals surface area contributed by atoms with Gasteiger partial charge in [-0.1, -0.05) is 6.07 Å². The monoisotopic (exact) mass is 419 g/mol. The summed E-state index contributed by atoms with van der Waals surface area (Å²) in [6.45, 7) is 8.43. The van der Waals surface area contributed by atoms with Crippen LogP contribution in [-0.4, -0.2) is 57.0 Å². The van der Waals surface area contributed by atoms with Crippen LogP contribution in [0.25, 0.3) is 22.5 Å². The van der Waals surface area contributed by atoms with Crippen molar-refractivity contribution in [1.29, 1.82) is 0 Å². The van der Waals surface area contributed by atoms with Gasteiger partial charge in [-0.25, -0.2) is 9.97 Å². The van der Waals surface area contributed by atoms with Gasteiger partial charge in [0.2, 0.25) is 0 Å². The molecule has 1 aromatic carbocycles. The van der Waals surface area contributed by atoms with Crippen LogP contribution in [0.3, 0.4) is 0 Å². The topological polar surface area (TPSA) is 99.1 Å². The predicted octanol–water partition coefficient (Wildman–Crippen LogP) is 3.31. The van der Waals surface area contributed by atoms with Crippen molar-refractivity contribution in [3.8, 4) is 28.3 Å². The fourth-order valence-electron chi connectivity index (χ4n) is 3.90. The van der Waals surface area contributed by atoms with Crippen LogP contribution in [-0.2, 0) is 0 Å². The van der Waals surface area contributed by atoms with Crippen LogP contribution in [0.1, 0.15) is 27.2 Å². The largest absolute Gasteiger partial charge is 0.507 e. The van der Waals surface area contributed by atoms with Crippen molar-refractivity contribution in [2.75, 3.05) is 30.4 Å². The molecule has 3 aromatic rings. The summed E-state index contributed by atoms with van der Waals surface area (Å²) in [7, 11) is 1.80. The maximum atomic E-state index is 10.6. The van der Waals surface area contributed by atoms with Crippen LogP contribution in [0.4, 0.5) is 11.6 Å². The summed E-state index contributed by atoms with van der Waals surface area (Å²) in [5.41, 5.74) is 2.91. The number of nitrogens with zero attached hydrogens (tertiary/aromatic N) is 5. The van der Waals surface area contributed by atoms with Gasteiger partial charge in [0.05, 0.1) is 11.4 Å². The summed E-state index contributed by atoms with van der Waals surface area (Å²) in [6, 6.07) is 11.6. The smallest absolute Gasteiger partial charge is 0.151 e. The number of rotatable bonds is 5. The third-order valence-corrected chi connectivity index (χ3v) is 5.29. The highest BCUT2D eigenvalue weighted by Gasteiger charge is 2.26. The number of aromatic nitrogens is 4. The van der Waals surface area contributed by atoms with Gasteiger partial charge in [0.25, 0.3) is 0 Å². The zero-order valence-electron chi connectivity index (χ0n) is 18.4. The molecular weight excluding hydrogens is 390 g/mol. The van der Waals surface area contributed by atoms with E-state index in [4.69, 9.17) is 0 Å². The molecule has 1 aliphatic rings. The first-order chi connectivity index (χ1) is 14.8. The van der Waals surface area contributed by atoms with E-state index in [0.29, 0.717) is 17.3 Å². The molecule has 2 aromatic heterocycles. The van der Waals surface area contributed by atoms with Crippen molar-refractivity contribution in [2.24, 2.45) is 0 Å². The molecule has 0 spiro atoms. The zero-order valence-corrected chi connectivity index (χ0v) is 18.4. The second kappa shape index (κ2) is 8.47. The number of phenolic OH excluding ortho intramolecular Hbond substituents is 1. The molecule has 0 radical (unpaired) electrons. The molecule has 0 bridgehead atoms. The molecule has 31 heavy (non-hydrogen) atoms. The second-order valence-corrected chi connectivity index (χ2v) is 8.87. The molecule has 0 amide bonds. The Balaban J connectivity index is 1.49. The molecule has 0 aliphatic carbocycles. The van der Waals surface area contributed by atoms with E-state index >= 15 is 0 Å². The van der Waals surface area contributed by atoms with Gasteiger partial charge in [0.15, 0.2) is 5.82 Å². The SMILES string of the molecule is CNc1cc(-c2ccc(-c3ccc(N4CC[C@@H](NC(C)(C)C)C4)nn3)c(O)c2)ncn1. The van der Waals surface area contributed by atoms with E-state index in [-0.39, 0.29) is 11.3 Å². The predicted molar refractivity (Wildman–Crippen MR) is 123 cm³/mol. The van der Waals surface area contributed by atoms with Gasteiger partial charge in [0.1, 0.15) is 17.9 Å². The van der Waals surface area contributed by atoms with Gasteiger partial charge in [-0.2, -0.15) is 0 Å². The number of phenols is 1. The molecule has 8 heteroatoms. The zero-order chi connectivity index (χ0) is 22.0. The van der Waals surface area contributed by atoms with Gasteiger partial charge in [-0.15, -0.1) is 10.2 Å². The highest BCUT2D eigenvalue weighted by atomic mass is 16.3. The third-order valence-electron chi connectivity index (χ3n) is 5.29. The Kier molecular flexibility index (Phi) is 5.73. The van der Waals surface area contributed by atoms with E-state index in [9.17, 15) is 5.11 Å². The summed E-state index contributed by atoms with van der Waals surface area (Å²) in [5.74, 6) is 1.72. The maximum absolute atomic E-state index is 10.6. The lowest BCUT2D eigenvalue weighted by Crippen LogP contribution is -2.45. The van der Waals surface area contributed by atoms with Crippen LogP contribution in [0.5, 0.6) is 5.75 Å². The van der Waals surface area contributed by atoms with Gasteiger partial charge in [-0.05, 0) is 51.5 Å². The quantitative estimate of drug-likeness (QED) is 0.579. The number of aromatic hydroxyl groups is 1. The molecule has 3 N–H and O–H groups in total. The summed E-state index contributed by atoms with van der Waals surface area (Å²) in [5, 5.41) is 26.1. The molecule has 0 unspecified atom stereocenters. The highest BCUT2D eigenvalue weighted by molar-refractivity contribution is 5.73. The molecule has 1 saturated heterocycles. The van der Waals surface area contributed by atoms with E-state index in [2.05, 4.69) is 56.5 Å². The lowest BCUT2D eigenvalue weighted by Gasteiger charge is -2.26. The fraction of sp³-hybridized carbons (Fsp3) is 0.391. The molecule has 1 aliphatic heterocycles. The summed E-state index contributed by atoms with van der Waals surface area (Å²) >= 11 is 0. The second-order valence-electron chi connectivity index (χ2n) is 8.87. The highest BCUT2D eigenvalue weighted by Crippen LogP contribution is 2.32. The Morgan fingerprint density at radius 3 is 2.55 bits per heavy atom. The van der Waals surface area contributed by atoms with Crippen LogP contribution in [0, 0.1) is 0 Å². The Labute approximate surface area is 182 Å². The normalized spacial score (nSPS) is 16.5. The van der Waals surface area contributed by atoms with Crippen molar-refractivity contribution in [3.63, 3.8) is 0 Å². The molecule has 3 heterocycles. The van der Waals surface area contributed by atoms with Crippen molar-refractivity contribution in [2.45, 2.75) is 38.8 Å². The van der Waals surface area contributed by atoms with E-state index < -0.39 is 0 Å². The van der Waals surface area contributed by atoms with Crippen LogP contribution < -0.4 is 15.5 Å². The average molecular weight is 420 g/mol. The molecule has 4 rings (SSSR count). The lowest BCUT2D eigenvalue weighted by atomic mass is 10.0. The molecular formula is C23H29N7O. The minimum atomic E-state index is 0.0975. The van der Waals surface area contributed by atoms with Crippen LogP contribution in [0.2, 0.25) is 0 Å². The minimum Gasteiger partial charge on any atom is -0.507 e. The van der Waals surface area contributed by atoms with Gasteiger partial charge in [0, 0.05) is 48.9 Å². The lowest BCUT2D eigenvalue weighted by molar-refractivity contribution is 0.373. The Morgan fingerprint density at radius 2 is 1.87 bits per heavy atom. The van der Waals surface area contributed by atoms with E-state index in [1.807, 2.05) is 30.3 Å². The Bertz CT molecular complexity index is 1050.